The van der Waals surface area contributed by atoms with Gasteiger partial charge in [-0.1, -0.05) is 22.9 Å². The Morgan fingerprint density at radius 3 is 2.81 bits per heavy atom. The number of carbonyl (C=O) groups is 1. The Hall–Kier alpha value is -2.81. The van der Waals surface area contributed by atoms with E-state index in [-0.39, 0.29) is 22.3 Å². The third-order valence-electron chi connectivity index (χ3n) is 3.72. The van der Waals surface area contributed by atoms with Crippen molar-refractivity contribution in [1.29, 1.82) is 0 Å². The van der Waals surface area contributed by atoms with Gasteiger partial charge in [0.25, 0.3) is 11.5 Å². The summed E-state index contributed by atoms with van der Waals surface area (Å²) in [5.74, 6) is -1.22. The molecule has 7 nitrogen and oxygen atoms in total. The van der Waals surface area contributed by atoms with Crippen molar-refractivity contribution >= 4 is 38.6 Å². The van der Waals surface area contributed by atoms with Gasteiger partial charge in [0.05, 0.1) is 16.6 Å². The molecule has 3 aromatic rings. The van der Waals surface area contributed by atoms with Crippen LogP contribution in [0.3, 0.4) is 0 Å². The number of rotatable bonds is 4. The fraction of sp³-hybridized carbons (Fsp3) is 0.176. The van der Waals surface area contributed by atoms with E-state index in [1.54, 1.807) is 6.07 Å². The number of hydrogen-bond acceptors (Lipinski definition) is 4. The number of benzene rings is 1. The van der Waals surface area contributed by atoms with Gasteiger partial charge in [-0.05, 0) is 30.7 Å². The molecule has 0 bridgehead atoms. The van der Waals surface area contributed by atoms with Crippen molar-refractivity contribution in [3.8, 4) is 0 Å². The Kier molecular flexibility index (Phi) is 4.99. The average molecular weight is 421 g/mol. The minimum atomic E-state index is -0.630. The van der Waals surface area contributed by atoms with E-state index in [2.05, 4.69) is 31.2 Å². The maximum Gasteiger partial charge on any atom is 0.329 e. The minimum absolute atomic E-state index is 0.00293. The SMILES string of the molecule is CCCn1c(=O)[nH]c(=O)c2cc(C(=O)Nc3ccc(Br)cc3F)cnc21. The maximum absolute atomic E-state index is 13.9. The van der Waals surface area contributed by atoms with Gasteiger partial charge in [0.15, 0.2) is 0 Å². The smallest absolute Gasteiger partial charge is 0.319 e. The molecule has 1 amide bonds. The Balaban J connectivity index is 2.02. The fourth-order valence-electron chi connectivity index (χ4n) is 2.51. The number of aromatic nitrogens is 3. The highest BCUT2D eigenvalue weighted by Gasteiger charge is 2.14. The Morgan fingerprint density at radius 2 is 2.12 bits per heavy atom. The first-order chi connectivity index (χ1) is 12.4. The van der Waals surface area contributed by atoms with Gasteiger partial charge in [-0.2, -0.15) is 0 Å². The van der Waals surface area contributed by atoms with E-state index in [1.165, 1.54) is 29.0 Å². The second-order valence-electron chi connectivity index (χ2n) is 5.58. The summed E-state index contributed by atoms with van der Waals surface area (Å²) in [4.78, 5) is 42.7. The van der Waals surface area contributed by atoms with Crippen LogP contribution >= 0.6 is 15.9 Å². The molecular formula is C17H14BrFN4O3. The van der Waals surface area contributed by atoms with Crippen LogP contribution in [0.1, 0.15) is 23.7 Å². The van der Waals surface area contributed by atoms with Crippen molar-refractivity contribution in [3.05, 3.63) is 67.2 Å². The van der Waals surface area contributed by atoms with Crippen molar-refractivity contribution < 1.29 is 9.18 Å². The Labute approximate surface area is 155 Å². The molecule has 1 aromatic carbocycles. The van der Waals surface area contributed by atoms with Crippen LogP contribution in [0.2, 0.25) is 0 Å². The predicted molar refractivity (Wildman–Crippen MR) is 99.0 cm³/mol. The van der Waals surface area contributed by atoms with Crippen LogP contribution in [-0.2, 0) is 6.54 Å². The van der Waals surface area contributed by atoms with Gasteiger partial charge in [-0.15, -0.1) is 0 Å². The van der Waals surface area contributed by atoms with E-state index >= 15 is 0 Å². The summed E-state index contributed by atoms with van der Waals surface area (Å²) < 4.78 is 15.8. The Morgan fingerprint density at radius 1 is 1.35 bits per heavy atom. The molecular weight excluding hydrogens is 407 g/mol. The summed E-state index contributed by atoms with van der Waals surface area (Å²) in [5.41, 5.74) is -0.901. The van der Waals surface area contributed by atoms with Gasteiger partial charge in [-0.25, -0.2) is 14.2 Å². The van der Waals surface area contributed by atoms with E-state index in [1.807, 2.05) is 6.92 Å². The first-order valence-corrected chi connectivity index (χ1v) is 8.59. The molecule has 0 atom stereocenters. The molecule has 0 fully saturated rings. The van der Waals surface area contributed by atoms with E-state index in [0.29, 0.717) is 17.4 Å². The summed E-state index contributed by atoms with van der Waals surface area (Å²) in [7, 11) is 0. The lowest BCUT2D eigenvalue weighted by molar-refractivity contribution is 0.102. The summed E-state index contributed by atoms with van der Waals surface area (Å²) in [6, 6.07) is 5.56. The molecule has 3 rings (SSSR count). The number of pyridine rings is 1. The maximum atomic E-state index is 13.9. The fourth-order valence-corrected chi connectivity index (χ4v) is 2.84. The van der Waals surface area contributed by atoms with Crippen LogP contribution in [0.4, 0.5) is 10.1 Å². The summed E-state index contributed by atoms with van der Waals surface area (Å²) >= 11 is 3.14. The quantitative estimate of drug-likeness (QED) is 0.677. The number of nitrogens with zero attached hydrogens (tertiary/aromatic N) is 2. The molecule has 2 aromatic heterocycles. The minimum Gasteiger partial charge on any atom is -0.319 e. The number of halogens is 2. The van der Waals surface area contributed by atoms with E-state index < -0.39 is 23.0 Å². The molecule has 26 heavy (non-hydrogen) atoms. The molecule has 134 valence electrons. The number of H-pyrrole nitrogens is 1. The summed E-state index contributed by atoms with van der Waals surface area (Å²) in [6.45, 7) is 2.27. The zero-order chi connectivity index (χ0) is 18.8. The second-order valence-corrected chi connectivity index (χ2v) is 6.50. The average Bonchev–Trinajstić information content (AvgIpc) is 2.60. The highest BCUT2D eigenvalue weighted by molar-refractivity contribution is 9.10. The van der Waals surface area contributed by atoms with Crippen molar-refractivity contribution in [2.24, 2.45) is 0 Å². The van der Waals surface area contributed by atoms with Gasteiger partial charge in [0, 0.05) is 17.2 Å². The molecule has 0 unspecified atom stereocenters. The van der Waals surface area contributed by atoms with E-state index in [0.717, 1.165) is 0 Å². The largest absolute Gasteiger partial charge is 0.329 e. The van der Waals surface area contributed by atoms with Crippen LogP contribution in [-0.4, -0.2) is 20.4 Å². The monoisotopic (exact) mass is 420 g/mol. The van der Waals surface area contributed by atoms with Crippen molar-refractivity contribution in [3.63, 3.8) is 0 Å². The first kappa shape index (κ1) is 18.0. The Bertz CT molecular complexity index is 1120. The molecule has 0 aliphatic rings. The number of anilines is 1. The highest BCUT2D eigenvalue weighted by Crippen LogP contribution is 2.20. The zero-order valence-electron chi connectivity index (χ0n) is 13.7. The van der Waals surface area contributed by atoms with Gasteiger partial charge in [-0.3, -0.25) is 19.1 Å². The second kappa shape index (κ2) is 7.20. The molecule has 0 radical (unpaired) electrons. The highest BCUT2D eigenvalue weighted by atomic mass is 79.9. The van der Waals surface area contributed by atoms with Gasteiger partial charge >= 0.3 is 5.69 Å². The molecule has 0 saturated heterocycles. The molecule has 0 spiro atoms. The number of hydrogen-bond donors (Lipinski definition) is 2. The van der Waals surface area contributed by atoms with Crippen LogP contribution in [0, 0.1) is 5.82 Å². The van der Waals surface area contributed by atoms with E-state index in [9.17, 15) is 18.8 Å². The van der Waals surface area contributed by atoms with Gasteiger partial charge in [0.1, 0.15) is 11.5 Å². The number of aryl methyl sites for hydroxylation is 1. The number of aromatic amines is 1. The van der Waals surface area contributed by atoms with Crippen LogP contribution in [0.25, 0.3) is 11.0 Å². The zero-order valence-corrected chi connectivity index (χ0v) is 15.3. The predicted octanol–water partition coefficient (Wildman–Crippen LogP) is 2.65. The lowest BCUT2D eigenvalue weighted by Gasteiger charge is -2.09. The van der Waals surface area contributed by atoms with Gasteiger partial charge < -0.3 is 5.32 Å². The molecule has 0 aliphatic heterocycles. The number of fused-ring (bicyclic) bond motifs is 1. The normalized spacial score (nSPS) is 10.9. The lowest BCUT2D eigenvalue weighted by Crippen LogP contribution is -2.31. The number of amides is 1. The van der Waals surface area contributed by atoms with Crippen molar-refractivity contribution in [2.75, 3.05) is 5.32 Å². The summed E-state index contributed by atoms with van der Waals surface area (Å²) in [6.07, 6.45) is 1.92. The van der Waals surface area contributed by atoms with E-state index in [4.69, 9.17) is 0 Å². The molecule has 2 N–H and O–H groups in total. The third kappa shape index (κ3) is 3.43. The van der Waals surface area contributed by atoms with Crippen molar-refractivity contribution in [1.82, 2.24) is 14.5 Å². The lowest BCUT2D eigenvalue weighted by atomic mass is 10.2. The first-order valence-electron chi connectivity index (χ1n) is 7.80. The summed E-state index contributed by atoms with van der Waals surface area (Å²) in [5, 5.41) is 2.55. The van der Waals surface area contributed by atoms with Crippen LogP contribution in [0.15, 0.2) is 44.5 Å². The van der Waals surface area contributed by atoms with Crippen LogP contribution < -0.4 is 16.6 Å². The van der Waals surface area contributed by atoms with Crippen molar-refractivity contribution in [2.45, 2.75) is 19.9 Å². The molecule has 0 saturated carbocycles. The number of nitrogens with one attached hydrogen (secondary N) is 2. The molecule has 2 heterocycles. The molecule has 0 aliphatic carbocycles. The van der Waals surface area contributed by atoms with Crippen LogP contribution in [0.5, 0.6) is 0 Å². The topological polar surface area (TPSA) is 96.9 Å². The third-order valence-corrected chi connectivity index (χ3v) is 4.21. The van der Waals surface area contributed by atoms with Gasteiger partial charge in [0.2, 0.25) is 0 Å². The molecule has 9 heteroatoms. The number of carbonyl (C=O) groups excluding carboxylic acids is 1. The standard InChI is InChI=1S/C17H14BrFN4O3/c1-2-5-23-14-11(16(25)22-17(23)26)6-9(8-20-14)15(24)21-13-4-3-10(18)7-12(13)19/h3-4,6-8H,2,5H2,1H3,(H,21,24)(H,22,25,26).